The predicted octanol–water partition coefficient (Wildman–Crippen LogP) is 2.78. The summed E-state index contributed by atoms with van der Waals surface area (Å²) in [6.07, 6.45) is 4.05. The van der Waals surface area contributed by atoms with Crippen molar-refractivity contribution in [2.24, 2.45) is 5.73 Å². The van der Waals surface area contributed by atoms with Gasteiger partial charge in [0, 0.05) is 24.4 Å². The number of hydrogen-bond donors (Lipinski definition) is 2. The Hall–Kier alpha value is -2.51. The molecule has 8 heteroatoms. The van der Waals surface area contributed by atoms with Gasteiger partial charge in [-0.05, 0) is 37.3 Å². The second-order valence-electron chi connectivity index (χ2n) is 6.51. The molecule has 0 saturated carbocycles. The Labute approximate surface area is 164 Å². The van der Waals surface area contributed by atoms with E-state index in [4.69, 9.17) is 10.2 Å². The van der Waals surface area contributed by atoms with E-state index in [-0.39, 0.29) is 12.4 Å². The summed E-state index contributed by atoms with van der Waals surface area (Å²) in [4.78, 5) is 9.29. The number of hydrogen-bond acceptors (Lipinski definition) is 7. The summed E-state index contributed by atoms with van der Waals surface area (Å²) in [6, 6.07) is 9.63. The molecule has 0 spiro atoms. The lowest BCUT2D eigenvalue weighted by Crippen LogP contribution is -2.12. The molecule has 1 aromatic carbocycles. The third-order valence-electron chi connectivity index (χ3n) is 4.68. The van der Waals surface area contributed by atoms with Crippen LogP contribution in [0.4, 0.5) is 6.01 Å². The van der Waals surface area contributed by atoms with Crippen molar-refractivity contribution in [2.75, 3.05) is 11.9 Å². The van der Waals surface area contributed by atoms with Gasteiger partial charge in [-0.25, -0.2) is 9.97 Å². The van der Waals surface area contributed by atoms with Crippen LogP contribution in [0.25, 0.3) is 0 Å². The average Bonchev–Trinajstić information content (AvgIpc) is 3.31. The first-order valence-corrected chi connectivity index (χ1v) is 8.94. The van der Waals surface area contributed by atoms with Crippen LogP contribution in [0.3, 0.4) is 0 Å². The number of rotatable bonds is 6. The fourth-order valence-corrected chi connectivity index (χ4v) is 3.31. The van der Waals surface area contributed by atoms with Crippen molar-refractivity contribution in [1.29, 1.82) is 0 Å². The summed E-state index contributed by atoms with van der Waals surface area (Å²) in [6.45, 7) is 2.69. The SMILES string of the molecule is Cc1nc(CCNc2nnc([C@H](N)c3ccccc3)o2)nc2c1CCC2.Cl. The summed E-state index contributed by atoms with van der Waals surface area (Å²) in [5, 5.41) is 11.2. The molecule has 0 saturated heterocycles. The Bertz CT molecular complexity index is 898. The van der Waals surface area contributed by atoms with E-state index in [1.807, 2.05) is 30.3 Å². The molecule has 0 amide bonds. The molecule has 0 radical (unpaired) electrons. The molecule has 0 aliphatic heterocycles. The maximum atomic E-state index is 6.17. The highest BCUT2D eigenvalue weighted by Gasteiger charge is 2.18. The quantitative estimate of drug-likeness (QED) is 0.671. The van der Waals surface area contributed by atoms with Crippen molar-refractivity contribution in [3.63, 3.8) is 0 Å². The van der Waals surface area contributed by atoms with E-state index in [1.54, 1.807) is 0 Å². The molecule has 2 aromatic heterocycles. The van der Waals surface area contributed by atoms with Gasteiger partial charge in [-0.3, -0.25) is 0 Å². The molecule has 0 bridgehead atoms. The Morgan fingerprint density at radius 2 is 1.96 bits per heavy atom. The second kappa shape index (κ2) is 8.45. The van der Waals surface area contributed by atoms with Crippen LogP contribution in [0.15, 0.2) is 34.7 Å². The normalized spacial score (nSPS) is 13.7. The van der Waals surface area contributed by atoms with Gasteiger partial charge < -0.3 is 15.5 Å². The monoisotopic (exact) mass is 386 g/mol. The maximum absolute atomic E-state index is 6.17. The van der Waals surface area contributed by atoms with Crippen molar-refractivity contribution in [3.8, 4) is 0 Å². The molecule has 7 nitrogen and oxygen atoms in total. The largest absolute Gasteiger partial charge is 0.406 e. The van der Waals surface area contributed by atoms with E-state index in [1.165, 1.54) is 17.7 Å². The van der Waals surface area contributed by atoms with Gasteiger partial charge in [0.1, 0.15) is 11.9 Å². The van der Waals surface area contributed by atoms with E-state index in [0.29, 0.717) is 24.9 Å². The van der Waals surface area contributed by atoms with Gasteiger partial charge in [0.2, 0.25) is 5.89 Å². The summed E-state index contributed by atoms with van der Waals surface area (Å²) < 4.78 is 5.64. The Morgan fingerprint density at radius 3 is 2.78 bits per heavy atom. The minimum Gasteiger partial charge on any atom is -0.406 e. The van der Waals surface area contributed by atoms with Crippen LogP contribution >= 0.6 is 12.4 Å². The molecule has 3 N–H and O–H groups in total. The maximum Gasteiger partial charge on any atom is 0.315 e. The van der Waals surface area contributed by atoms with Crippen LogP contribution in [0, 0.1) is 6.92 Å². The fraction of sp³-hybridized carbons (Fsp3) is 0.368. The standard InChI is InChI=1S/C19H22N6O.ClH/c1-12-14-8-5-9-15(14)23-16(22-12)10-11-21-19-25-24-18(26-19)17(20)13-6-3-2-4-7-13;/h2-4,6-7,17H,5,8-11,20H2,1H3,(H,21,25);1H/t17-;/m1./s1. The third kappa shape index (κ3) is 4.26. The van der Waals surface area contributed by atoms with Crippen LogP contribution in [-0.4, -0.2) is 26.7 Å². The molecule has 0 fully saturated rings. The smallest absolute Gasteiger partial charge is 0.315 e. The number of nitrogens with zero attached hydrogens (tertiary/aromatic N) is 4. The molecular weight excluding hydrogens is 364 g/mol. The predicted molar refractivity (Wildman–Crippen MR) is 105 cm³/mol. The van der Waals surface area contributed by atoms with Gasteiger partial charge in [0.05, 0.1) is 0 Å². The summed E-state index contributed by atoms with van der Waals surface area (Å²) in [7, 11) is 0. The molecule has 0 unspecified atom stereocenters. The van der Waals surface area contributed by atoms with Gasteiger partial charge in [0.15, 0.2) is 0 Å². The second-order valence-corrected chi connectivity index (χ2v) is 6.51. The molecule has 2 heterocycles. The van der Waals surface area contributed by atoms with Crippen LogP contribution in [0.1, 0.15) is 46.7 Å². The third-order valence-corrected chi connectivity index (χ3v) is 4.68. The number of aryl methyl sites for hydroxylation is 2. The van der Waals surface area contributed by atoms with Crippen molar-refractivity contribution < 1.29 is 4.42 Å². The Morgan fingerprint density at radius 1 is 1.15 bits per heavy atom. The summed E-state index contributed by atoms with van der Waals surface area (Å²) in [5.74, 6) is 1.25. The molecule has 1 aliphatic rings. The topological polar surface area (TPSA) is 103 Å². The van der Waals surface area contributed by atoms with Crippen LogP contribution in [0.2, 0.25) is 0 Å². The first-order chi connectivity index (χ1) is 12.7. The fourth-order valence-electron chi connectivity index (χ4n) is 3.31. The van der Waals surface area contributed by atoms with Gasteiger partial charge in [-0.15, -0.1) is 17.5 Å². The van der Waals surface area contributed by atoms with E-state index in [9.17, 15) is 0 Å². The molecule has 142 valence electrons. The van der Waals surface area contributed by atoms with E-state index in [0.717, 1.165) is 29.9 Å². The molecule has 3 aromatic rings. The van der Waals surface area contributed by atoms with Crippen molar-refractivity contribution in [2.45, 2.75) is 38.6 Å². The molecule has 27 heavy (non-hydrogen) atoms. The Balaban J connectivity index is 0.00000210. The molecular formula is C19H23ClN6O. The molecule has 4 rings (SSSR count). The Kier molecular flexibility index (Phi) is 6.03. The number of nitrogens with one attached hydrogen (secondary N) is 1. The number of benzene rings is 1. The van der Waals surface area contributed by atoms with E-state index in [2.05, 4.69) is 32.4 Å². The first-order valence-electron chi connectivity index (χ1n) is 8.94. The highest BCUT2D eigenvalue weighted by Crippen LogP contribution is 2.22. The van der Waals surface area contributed by atoms with Crippen LogP contribution in [0.5, 0.6) is 0 Å². The van der Waals surface area contributed by atoms with Crippen molar-refractivity contribution in [3.05, 3.63) is 64.6 Å². The number of anilines is 1. The molecule has 1 atom stereocenters. The van der Waals surface area contributed by atoms with Crippen molar-refractivity contribution >= 4 is 18.4 Å². The van der Waals surface area contributed by atoms with Gasteiger partial charge in [-0.2, -0.15) is 0 Å². The van der Waals surface area contributed by atoms with Crippen LogP contribution < -0.4 is 11.1 Å². The summed E-state index contributed by atoms with van der Waals surface area (Å²) >= 11 is 0. The lowest BCUT2D eigenvalue weighted by atomic mass is 10.1. The zero-order chi connectivity index (χ0) is 17.9. The van der Waals surface area contributed by atoms with Gasteiger partial charge in [-0.1, -0.05) is 35.4 Å². The van der Waals surface area contributed by atoms with Gasteiger partial charge >= 0.3 is 6.01 Å². The zero-order valence-corrected chi connectivity index (χ0v) is 16.0. The number of fused-ring (bicyclic) bond motifs is 1. The highest BCUT2D eigenvalue weighted by atomic mass is 35.5. The number of nitrogens with two attached hydrogens (primary N) is 1. The number of aromatic nitrogens is 4. The highest BCUT2D eigenvalue weighted by molar-refractivity contribution is 5.85. The summed E-state index contributed by atoms with van der Waals surface area (Å²) in [5.41, 5.74) is 10.8. The lowest BCUT2D eigenvalue weighted by molar-refractivity contribution is 0.483. The minimum atomic E-state index is -0.429. The first kappa shape index (κ1) is 19.3. The minimum absolute atomic E-state index is 0. The van der Waals surface area contributed by atoms with E-state index < -0.39 is 6.04 Å². The average molecular weight is 387 g/mol. The van der Waals surface area contributed by atoms with Crippen LogP contribution in [-0.2, 0) is 19.3 Å². The van der Waals surface area contributed by atoms with E-state index >= 15 is 0 Å². The number of halogens is 1. The van der Waals surface area contributed by atoms with Gasteiger partial charge in [0.25, 0.3) is 0 Å². The lowest BCUT2D eigenvalue weighted by Gasteiger charge is -2.07. The zero-order valence-electron chi connectivity index (χ0n) is 15.2. The molecule has 1 aliphatic carbocycles. The van der Waals surface area contributed by atoms with Crippen molar-refractivity contribution in [1.82, 2.24) is 20.2 Å².